The van der Waals surface area contributed by atoms with Crippen molar-refractivity contribution in [2.24, 2.45) is 17.3 Å². The van der Waals surface area contributed by atoms with Crippen molar-refractivity contribution in [3.63, 3.8) is 0 Å². The lowest BCUT2D eigenvalue weighted by molar-refractivity contribution is -0.125. The predicted molar refractivity (Wildman–Crippen MR) is 104 cm³/mol. The predicted octanol–water partition coefficient (Wildman–Crippen LogP) is 4.06. The van der Waals surface area contributed by atoms with E-state index in [4.69, 9.17) is 0 Å². The first-order chi connectivity index (χ1) is 12.2. The monoisotopic (exact) mass is 372 g/mol. The second kappa shape index (κ2) is 6.91. The van der Waals surface area contributed by atoms with E-state index in [1.54, 1.807) is 0 Å². The summed E-state index contributed by atoms with van der Waals surface area (Å²) in [4.78, 5) is 37.2. The molecule has 2 unspecified atom stereocenters. The number of benzene rings is 1. The minimum atomic E-state index is -0.200. The summed E-state index contributed by atoms with van der Waals surface area (Å²) in [5.41, 5.74) is 2.80. The molecule has 0 aromatic heterocycles. The zero-order chi connectivity index (χ0) is 19.1. The minimum Gasteiger partial charge on any atom is -0.326 e. The van der Waals surface area contributed by atoms with Crippen molar-refractivity contribution in [1.82, 2.24) is 4.90 Å². The van der Waals surface area contributed by atoms with E-state index < -0.39 is 0 Å². The first kappa shape index (κ1) is 18.7. The average Bonchev–Trinajstić information content (AvgIpc) is 2.95. The van der Waals surface area contributed by atoms with Crippen LogP contribution in [0.2, 0.25) is 0 Å². The van der Waals surface area contributed by atoms with Gasteiger partial charge in [0.2, 0.25) is 11.8 Å². The van der Waals surface area contributed by atoms with Gasteiger partial charge in [-0.1, -0.05) is 49.4 Å². The number of thioether (sulfide) groups is 1. The molecule has 1 saturated heterocycles. The fourth-order valence-corrected chi connectivity index (χ4v) is 4.20. The highest BCUT2D eigenvalue weighted by atomic mass is 32.2. The molecule has 1 saturated carbocycles. The number of amides is 3. The van der Waals surface area contributed by atoms with E-state index in [0.717, 1.165) is 23.0 Å². The molecule has 138 valence electrons. The molecule has 1 aromatic rings. The maximum Gasteiger partial charge on any atom is 0.289 e. The van der Waals surface area contributed by atoms with Gasteiger partial charge in [0.1, 0.15) is 0 Å². The molecule has 0 radical (unpaired) electrons. The molecular weight excluding hydrogens is 348 g/mol. The quantitative estimate of drug-likeness (QED) is 0.792. The Labute approximate surface area is 158 Å². The van der Waals surface area contributed by atoms with E-state index in [0.29, 0.717) is 0 Å². The van der Waals surface area contributed by atoms with E-state index >= 15 is 0 Å². The third kappa shape index (κ3) is 3.70. The van der Waals surface area contributed by atoms with E-state index in [1.165, 1.54) is 10.5 Å². The van der Waals surface area contributed by atoms with Gasteiger partial charge >= 0.3 is 0 Å². The van der Waals surface area contributed by atoms with Gasteiger partial charge in [-0.25, -0.2) is 0 Å². The summed E-state index contributed by atoms with van der Waals surface area (Å²) in [7, 11) is 0. The average molecular weight is 372 g/mol. The van der Waals surface area contributed by atoms with Crippen LogP contribution in [0.15, 0.2) is 35.9 Å². The Morgan fingerprint density at radius 1 is 1.27 bits per heavy atom. The summed E-state index contributed by atoms with van der Waals surface area (Å²) in [6.07, 6.45) is 2.18. The van der Waals surface area contributed by atoms with Crippen LogP contribution in [0.1, 0.15) is 33.3 Å². The number of anilines is 1. The number of hydrogen-bond acceptors (Lipinski definition) is 4. The maximum atomic E-state index is 12.6. The molecular formula is C20H24N2O3S. The second-order valence-corrected chi connectivity index (χ2v) is 8.72. The SMILES string of the molecule is CC(C)=CC1C(C(=O)Nc2ccc(CN3C(=O)CSC3=O)cc2)C1(C)C. The van der Waals surface area contributed by atoms with Crippen molar-refractivity contribution in [1.29, 1.82) is 0 Å². The summed E-state index contributed by atoms with van der Waals surface area (Å²) >= 11 is 1.03. The minimum absolute atomic E-state index is 0.0184. The second-order valence-electron chi connectivity index (χ2n) is 7.79. The number of carbonyl (C=O) groups is 3. The zero-order valence-electron chi connectivity index (χ0n) is 15.5. The van der Waals surface area contributed by atoms with Gasteiger partial charge in [0, 0.05) is 5.69 Å². The Hall–Kier alpha value is -2.08. The molecule has 2 fully saturated rings. The smallest absolute Gasteiger partial charge is 0.289 e. The molecule has 1 heterocycles. The number of hydrogen-bond donors (Lipinski definition) is 1. The number of allylic oxidation sites excluding steroid dienone is 2. The molecule has 1 N–H and O–H groups in total. The van der Waals surface area contributed by atoms with Crippen LogP contribution < -0.4 is 5.32 Å². The third-order valence-electron chi connectivity index (χ3n) is 5.11. The number of imide groups is 1. The van der Waals surface area contributed by atoms with Gasteiger partial charge in [0.05, 0.1) is 18.2 Å². The zero-order valence-corrected chi connectivity index (χ0v) is 16.4. The van der Waals surface area contributed by atoms with E-state index in [1.807, 2.05) is 24.3 Å². The maximum absolute atomic E-state index is 12.6. The van der Waals surface area contributed by atoms with Gasteiger partial charge in [0.15, 0.2) is 0 Å². The van der Waals surface area contributed by atoms with Gasteiger partial charge in [-0.05, 0) is 42.9 Å². The molecule has 6 heteroatoms. The molecule has 2 aliphatic rings. The Kier molecular flexibility index (Phi) is 4.97. The van der Waals surface area contributed by atoms with Crippen LogP contribution in [0.4, 0.5) is 10.5 Å². The van der Waals surface area contributed by atoms with Crippen LogP contribution in [0.3, 0.4) is 0 Å². The van der Waals surface area contributed by atoms with Gasteiger partial charge in [0.25, 0.3) is 5.24 Å². The molecule has 3 rings (SSSR count). The third-order valence-corrected chi connectivity index (χ3v) is 5.97. The van der Waals surface area contributed by atoms with Gasteiger partial charge < -0.3 is 5.32 Å². The van der Waals surface area contributed by atoms with E-state index in [-0.39, 0.29) is 46.6 Å². The lowest BCUT2D eigenvalue weighted by Crippen LogP contribution is -2.27. The molecule has 26 heavy (non-hydrogen) atoms. The van der Waals surface area contributed by atoms with Gasteiger partial charge in [-0.3, -0.25) is 19.3 Å². The van der Waals surface area contributed by atoms with Crippen molar-refractivity contribution in [3.8, 4) is 0 Å². The summed E-state index contributed by atoms with van der Waals surface area (Å²) in [5.74, 6) is 0.354. The lowest BCUT2D eigenvalue weighted by atomic mass is 10.1. The first-order valence-electron chi connectivity index (χ1n) is 8.72. The van der Waals surface area contributed by atoms with Gasteiger partial charge in [-0.15, -0.1) is 0 Å². The summed E-state index contributed by atoms with van der Waals surface area (Å²) < 4.78 is 0. The van der Waals surface area contributed by atoms with E-state index in [9.17, 15) is 14.4 Å². The van der Waals surface area contributed by atoms with Crippen LogP contribution >= 0.6 is 11.8 Å². The van der Waals surface area contributed by atoms with Crippen LogP contribution in [-0.2, 0) is 16.1 Å². The largest absolute Gasteiger partial charge is 0.326 e. The first-order valence-corrected chi connectivity index (χ1v) is 9.70. The topological polar surface area (TPSA) is 66.5 Å². The highest BCUT2D eigenvalue weighted by Gasteiger charge is 2.60. The van der Waals surface area contributed by atoms with Crippen LogP contribution in [0.25, 0.3) is 0 Å². The summed E-state index contributed by atoms with van der Waals surface area (Å²) in [6, 6.07) is 7.31. The highest BCUT2D eigenvalue weighted by molar-refractivity contribution is 8.14. The lowest BCUT2D eigenvalue weighted by Gasteiger charge is -2.13. The number of nitrogens with one attached hydrogen (secondary N) is 1. The fourth-order valence-electron chi connectivity index (χ4n) is 3.48. The Balaban J connectivity index is 1.61. The highest BCUT2D eigenvalue weighted by Crippen LogP contribution is 2.59. The fraction of sp³-hybridized carbons (Fsp3) is 0.450. The Morgan fingerprint density at radius 3 is 2.46 bits per heavy atom. The van der Waals surface area contributed by atoms with Gasteiger partial charge in [-0.2, -0.15) is 0 Å². The number of carbonyl (C=O) groups excluding carboxylic acids is 3. The standard InChI is InChI=1S/C20H24N2O3S/c1-12(2)9-15-17(20(15,3)4)18(24)21-14-7-5-13(6-8-14)10-22-16(23)11-26-19(22)25/h5-9,15,17H,10-11H2,1-4H3,(H,21,24). The van der Waals surface area contributed by atoms with Crippen LogP contribution in [0.5, 0.6) is 0 Å². The van der Waals surface area contributed by atoms with Crippen molar-refractivity contribution in [2.75, 3.05) is 11.1 Å². The molecule has 1 aliphatic heterocycles. The molecule has 0 spiro atoms. The van der Waals surface area contributed by atoms with Crippen LogP contribution in [-0.4, -0.2) is 27.7 Å². The number of rotatable bonds is 5. The van der Waals surface area contributed by atoms with Crippen molar-refractivity contribution >= 4 is 34.5 Å². The summed E-state index contributed by atoms with van der Waals surface area (Å²) in [5, 5.41) is 2.78. The molecule has 1 aromatic carbocycles. The molecule has 3 amide bonds. The summed E-state index contributed by atoms with van der Waals surface area (Å²) in [6.45, 7) is 8.61. The normalized spacial score (nSPS) is 23.8. The van der Waals surface area contributed by atoms with Crippen molar-refractivity contribution < 1.29 is 14.4 Å². The molecule has 1 aliphatic carbocycles. The Morgan fingerprint density at radius 2 is 1.92 bits per heavy atom. The van der Waals surface area contributed by atoms with Crippen molar-refractivity contribution in [2.45, 2.75) is 34.2 Å². The van der Waals surface area contributed by atoms with Crippen molar-refractivity contribution in [3.05, 3.63) is 41.5 Å². The van der Waals surface area contributed by atoms with E-state index in [2.05, 4.69) is 39.1 Å². The Bertz CT molecular complexity index is 763. The molecule has 0 bridgehead atoms. The molecule has 5 nitrogen and oxygen atoms in total. The van der Waals surface area contributed by atoms with Crippen LogP contribution in [0, 0.1) is 17.3 Å². The number of nitrogens with zero attached hydrogens (tertiary/aromatic N) is 1. The molecule has 2 atom stereocenters.